The van der Waals surface area contributed by atoms with Gasteiger partial charge in [-0.05, 0) is 43.4 Å². The van der Waals surface area contributed by atoms with E-state index < -0.39 is 0 Å². The van der Waals surface area contributed by atoms with Gasteiger partial charge in [0.1, 0.15) is 11.3 Å². The Bertz CT molecular complexity index is 1160. The van der Waals surface area contributed by atoms with E-state index in [2.05, 4.69) is 25.8 Å². The molecule has 146 valence electrons. The molecule has 4 aromatic rings. The van der Waals surface area contributed by atoms with Crippen LogP contribution < -0.4 is 15.4 Å². The lowest BCUT2D eigenvalue weighted by atomic mass is 10.1. The Morgan fingerprint density at radius 1 is 1.14 bits per heavy atom. The fourth-order valence-corrected chi connectivity index (χ4v) is 3.07. The van der Waals surface area contributed by atoms with Crippen LogP contribution >= 0.6 is 12.2 Å². The molecule has 0 amide bonds. The predicted octanol–water partition coefficient (Wildman–Crippen LogP) is 4.09. The standard InChI is InChI=1S/C21H19N5O2S/c1-13-5-7-14(8-6-13)20-25-18(28-26-20)12-23-21(29)24-16-9-10-17(27-2)19-15(16)4-3-11-22-19/h3-11H,12H2,1-2H3,(H2,23,24,29). The molecule has 0 aliphatic heterocycles. The first kappa shape index (κ1) is 18.8. The average molecular weight is 405 g/mol. The van der Waals surface area contributed by atoms with E-state index in [0.29, 0.717) is 29.1 Å². The molecule has 8 heteroatoms. The lowest BCUT2D eigenvalue weighted by Gasteiger charge is -2.13. The third kappa shape index (κ3) is 4.17. The van der Waals surface area contributed by atoms with E-state index in [1.54, 1.807) is 13.3 Å². The molecule has 0 aliphatic rings. The van der Waals surface area contributed by atoms with Crippen molar-refractivity contribution in [2.45, 2.75) is 13.5 Å². The quantitative estimate of drug-likeness (QED) is 0.480. The summed E-state index contributed by atoms with van der Waals surface area (Å²) in [4.78, 5) is 8.80. The minimum atomic E-state index is 0.316. The van der Waals surface area contributed by atoms with Crippen molar-refractivity contribution in [3.63, 3.8) is 0 Å². The Morgan fingerprint density at radius 3 is 2.76 bits per heavy atom. The monoisotopic (exact) mass is 405 g/mol. The zero-order valence-corrected chi connectivity index (χ0v) is 16.8. The van der Waals surface area contributed by atoms with Crippen LogP contribution in [0.25, 0.3) is 22.3 Å². The minimum Gasteiger partial charge on any atom is -0.494 e. The number of fused-ring (bicyclic) bond motifs is 1. The SMILES string of the molecule is COc1ccc(NC(=S)NCc2nc(-c3ccc(C)cc3)no2)c2cccnc12. The van der Waals surface area contributed by atoms with Crippen molar-refractivity contribution in [1.82, 2.24) is 20.4 Å². The normalized spacial score (nSPS) is 10.7. The molecule has 2 N–H and O–H groups in total. The zero-order chi connectivity index (χ0) is 20.2. The van der Waals surface area contributed by atoms with Crippen LogP contribution in [-0.2, 0) is 6.54 Å². The molecule has 2 aromatic carbocycles. The Morgan fingerprint density at radius 2 is 1.97 bits per heavy atom. The molecule has 0 spiro atoms. The molecule has 29 heavy (non-hydrogen) atoms. The van der Waals surface area contributed by atoms with Gasteiger partial charge in [-0.3, -0.25) is 4.98 Å². The molecular weight excluding hydrogens is 386 g/mol. The number of nitrogens with one attached hydrogen (secondary N) is 2. The second-order valence-corrected chi connectivity index (χ2v) is 6.81. The van der Waals surface area contributed by atoms with E-state index in [1.165, 1.54) is 5.56 Å². The van der Waals surface area contributed by atoms with Crippen LogP contribution in [0.1, 0.15) is 11.5 Å². The molecule has 2 heterocycles. The lowest BCUT2D eigenvalue weighted by Crippen LogP contribution is -2.28. The number of aryl methyl sites for hydroxylation is 1. The van der Waals surface area contributed by atoms with Crippen LogP contribution in [0.5, 0.6) is 5.75 Å². The van der Waals surface area contributed by atoms with Gasteiger partial charge in [-0.25, -0.2) is 0 Å². The summed E-state index contributed by atoms with van der Waals surface area (Å²) >= 11 is 5.41. The molecule has 0 radical (unpaired) electrons. The number of pyridine rings is 1. The topological polar surface area (TPSA) is 85.1 Å². The molecule has 0 saturated carbocycles. The van der Waals surface area contributed by atoms with Gasteiger partial charge >= 0.3 is 0 Å². The molecule has 0 saturated heterocycles. The summed E-state index contributed by atoms with van der Waals surface area (Å²) in [7, 11) is 1.62. The highest BCUT2D eigenvalue weighted by Gasteiger charge is 2.11. The van der Waals surface area contributed by atoms with Crippen molar-refractivity contribution < 1.29 is 9.26 Å². The fourth-order valence-electron chi connectivity index (χ4n) is 2.89. The molecule has 7 nitrogen and oxygen atoms in total. The molecular formula is C21H19N5O2S. The summed E-state index contributed by atoms with van der Waals surface area (Å²) in [6.07, 6.45) is 1.73. The van der Waals surface area contributed by atoms with Crippen LogP contribution in [0.15, 0.2) is 59.3 Å². The van der Waals surface area contributed by atoms with Crippen LogP contribution in [0.3, 0.4) is 0 Å². The molecule has 0 atom stereocenters. The number of anilines is 1. The summed E-state index contributed by atoms with van der Waals surface area (Å²) in [6, 6.07) is 15.5. The number of rotatable bonds is 5. The van der Waals surface area contributed by atoms with Gasteiger partial charge in [0, 0.05) is 22.8 Å². The van der Waals surface area contributed by atoms with Gasteiger partial charge in [-0.15, -0.1) is 0 Å². The van der Waals surface area contributed by atoms with Crippen molar-refractivity contribution in [3.05, 3.63) is 66.2 Å². The van der Waals surface area contributed by atoms with Crippen LogP contribution in [0, 0.1) is 6.92 Å². The maximum Gasteiger partial charge on any atom is 0.246 e. The highest BCUT2D eigenvalue weighted by atomic mass is 32.1. The van der Waals surface area contributed by atoms with Crippen molar-refractivity contribution in [2.24, 2.45) is 0 Å². The number of thiocarbonyl (C=S) groups is 1. The first-order valence-electron chi connectivity index (χ1n) is 9.00. The van der Waals surface area contributed by atoms with Gasteiger partial charge in [0.25, 0.3) is 0 Å². The second kappa shape index (κ2) is 8.24. The van der Waals surface area contributed by atoms with Gasteiger partial charge in [-0.2, -0.15) is 4.98 Å². The Kier molecular flexibility index (Phi) is 5.35. The summed E-state index contributed by atoms with van der Waals surface area (Å²) in [6.45, 7) is 2.35. The molecule has 0 fully saturated rings. The third-order valence-electron chi connectivity index (χ3n) is 4.38. The van der Waals surface area contributed by atoms with E-state index >= 15 is 0 Å². The van der Waals surface area contributed by atoms with Gasteiger partial charge in [0.15, 0.2) is 5.11 Å². The number of aromatic nitrogens is 3. The van der Waals surface area contributed by atoms with E-state index in [0.717, 1.165) is 22.2 Å². The Balaban J connectivity index is 1.42. The first-order chi connectivity index (χ1) is 14.1. The Labute approximate surface area is 173 Å². The number of hydrogen-bond acceptors (Lipinski definition) is 6. The average Bonchev–Trinajstić information content (AvgIpc) is 3.22. The summed E-state index contributed by atoms with van der Waals surface area (Å²) < 4.78 is 10.7. The molecule has 4 rings (SSSR count). The second-order valence-electron chi connectivity index (χ2n) is 6.40. The number of hydrogen-bond donors (Lipinski definition) is 2. The number of nitrogens with zero attached hydrogens (tertiary/aromatic N) is 3. The first-order valence-corrected chi connectivity index (χ1v) is 9.41. The molecule has 0 bridgehead atoms. The highest BCUT2D eigenvalue weighted by Crippen LogP contribution is 2.29. The molecule has 0 aliphatic carbocycles. The van der Waals surface area contributed by atoms with E-state index in [9.17, 15) is 0 Å². The fraction of sp³-hybridized carbons (Fsp3) is 0.143. The van der Waals surface area contributed by atoms with Crippen LogP contribution in [0.2, 0.25) is 0 Å². The zero-order valence-electron chi connectivity index (χ0n) is 16.0. The number of benzene rings is 2. The third-order valence-corrected chi connectivity index (χ3v) is 4.63. The van der Waals surface area contributed by atoms with Gasteiger partial charge in [0.2, 0.25) is 11.7 Å². The summed E-state index contributed by atoms with van der Waals surface area (Å²) in [5.41, 5.74) is 3.68. The largest absolute Gasteiger partial charge is 0.494 e. The van der Waals surface area contributed by atoms with Gasteiger partial charge in [0.05, 0.1) is 13.7 Å². The molecule has 0 unspecified atom stereocenters. The van der Waals surface area contributed by atoms with Crippen molar-refractivity contribution in [1.29, 1.82) is 0 Å². The Hall–Kier alpha value is -3.52. The van der Waals surface area contributed by atoms with Crippen molar-refractivity contribution in [2.75, 3.05) is 12.4 Å². The van der Waals surface area contributed by atoms with Crippen molar-refractivity contribution in [3.8, 4) is 17.1 Å². The number of methoxy groups -OCH3 is 1. The van der Waals surface area contributed by atoms with Gasteiger partial charge < -0.3 is 19.9 Å². The minimum absolute atomic E-state index is 0.316. The van der Waals surface area contributed by atoms with Crippen LogP contribution in [0.4, 0.5) is 5.69 Å². The summed E-state index contributed by atoms with van der Waals surface area (Å²) in [5, 5.41) is 11.7. The lowest BCUT2D eigenvalue weighted by molar-refractivity contribution is 0.376. The molecule has 2 aromatic heterocycles. The van der Waals surface area contributed by atoms with E-state index in [1.807, 2.05) is 55.5 Å². The van der Waals surface area contributed by atoms with E-state index in [4.69, 9.17) is 21.5 Å². The smallest absolute Gasteiger partial charge is 0.246 e. The highest BCUT2D eigenvalue weighted by molar-refractivity contribution is 7.80. The van der Waals surface area contributed by atoms with Gasteiger partial charge in [-0.1, -0.05) is 35.0 Å². The predicted molar refractivity (Wildman–Crippen MR) is 116 cm³/mol. The maximum atomic E-state index is 5.41. The summed E-state index contributed by atoms with van der Waals surface area (Å²) in [5.74, 6) is 1.71. The van der Waals surface area contributed by atoms with Crippen LogP contribution in [-0.4, -0.2) is 27.3 Å². The van der Waals surface area contributed by atoms with E-state index in [-0.39, 0.29) is 0 Å². The number of ether oxygens (including phenoxy) is 1. The maximum absolute atomic E-state index is 5.41. The van der Waals surface area contributed by atoms with Crippen molar-refractivity contribution >= 4 is 33.9 Å².